The van der Waals surface area contributed by atoms with Crippen molar-refractivity contribution in [2.24, 2.45) is 0 Å². The summed E-state index contributed by atoms with van der Waals surface area (Å²) in [5.74, 6) is -1.13. The number of rotatable bonds is 3. The highest BCUT2D eigenvalue weighted by molar-refractivity contribution is 6.33. The molecule has 0 atom stereocenters. The number of carbonyl (C=O) groups excluding carboxylic acids is 1. The Balaban J connectivity index is 2.23. The lowest BCUT2D eigenvalue weighted by Gasteiger charge is -2.19. The summed E-state index contributed by atoms with van der Waals surface area (Å²) in [4.78, 5) is 22.8. The molecule has 7 nitrogen and oxygen atoms in total. The Kier molecular flexibility index (Phi) is 4.60. The van der Waals surface area contributed by atoms with Crippen molar-refractivity contribution in [1.29, 1.82) is 0 Å². The van der Waals surface area contributed by atoms with Gasteiger partial charge in [-0.05, 0) is 39.0 Å². The van der Waals surface area contributed by atoms with E-state index in [1.165, 1.54) is 12.1 Å². The first-order chi connectivity index (χ1) is 10.7. The average Bonchev–Trinajstić information content (AvgIpc) is 2.85. The molecular weight excluding hydrogens is 324 g/mol. The first-order valence-electron chi connectivity index (χ1n) is 6.65. The fourth-order valence-corrected chi connectivity index (χ4v) is 2.05. The lowest BCUT2D eigenvalue weighted by atomic mass is 10.1. The van der Waals surface area contributed by atoms with Crippen LogP contribution in [0.1, 0.15) is 31.1 Å². The molecule has 0 aliphatic heterocycles. The maximum Gasteiger partial charge on any atom is 0.412 e. The van der Waals surface area contributed by atoms with Gasteiger partial charge >= 0.3 is 12.1 Å². The second-order valence-electron chi connectivity index (χ2n) is 5.70. The number of aromatic nitrogens is 1. The summed E-state index contributed by atoms with van der Waals surface area (Å²) in [5.41, 5.74) is 0.0461. The van der Waals surface area contributed by atoms with Crippen molar-refractivity contribution in [3.05, 3.63) is 35.0 Å². The van der Waals surface area contributed by atoms with Crippen molar-refractivity contribution in [2.75, 3.05) is 5.32 Å². The molecule has 1 aromatic carbocycles. The molecule has 2 aromatic rings. The second-order valence-corrected chi connectivity index (χ2v) is 6.10. The van der Waals surface area contributed by atoms with Crippen LogP contribution in [0.25, 0.3) is 11.3 Å². The standard InChI is InChI=1S/C15H15ClN2O5/c1-15(2,3)22-14(21)18-8-4-5-9(11(16)6-8)12-10(13(19)20)7-17-23-12/h4-7H,1-3H3,(H,18,21)(H,19,20). The molecule has 1 heterocycles. The van der Waals surface area contributed by atoms with Crippen LogP contribution in [-0.2, 0) is 4.74 Å². The minimum absolute atomic E-state index is 0.0475. The quantitative estimate of drug-likeness (QED) is 0.875. The predicted octanol–water partition coefficient (Wildman–Crippen LogP) is 4.04. The number of nitrogens with one attached hydrogen (secondary N) is 1. The fraction of sp³-hybridized carbons (Fsp3) is 0.267. The number of hydrogen-bond donors (Lipinski definition) is 2. The molecule has 2 N–H and O–H groups in total. The van der Waals surface area contributed by atoms with Gasteiger partial charge < -0.3 is 14.4 Å². The van der Waals surface area contributed by atoms with E-state index in [2.05, 4.69) is 10.5 Å². The van der Waals surface area contributed by atoms with Crippen molar-refractivity contribution in [1.82, 2.24) is 5.16 Å². The summed E-state index contributed by atoms with van der Waals surface area (Å²) in [6, 6.07) is 4.55. The van der Waals surface area contributed by atoms with Crippen molar-refractivity contribution in [2.45, 2.75) is 26.4 Å². The Morgan fingerprint density at radius 1 is 1.35 bits per heavy atom. The SMILES string of the molecule is CC(C)(C)OC(=O)Nc1ccc(-c2oncc2C(=O)O)c(Cl)c1. The lowest BCUT2D eigenvalue weighted by Crippen LogP contribution is -2.27. The highest BCUT2D eigenvalue weighted by Crippen LogP contribution is 2.32. The van der Waals surface area contributed by atoms with Gasteiger partial charge in [-0.15, -0.1) is 0 Å². The highest BCUT2D eigenvalue weighted by atomic mass is 35.5. The van der Waals surface area contributed by atoms with Crippen molar-refractivity contribution in [3.63, 3.8) is 0 Å². The minimum atomic E-state index is -1.17. The smallest absolute Gasteiger partial charge is 0.412 e. The lowest BCUT2D eigenvalue weighted by molar-refractivity contribution is 0.0634. The number of halogens is 1. The van der Waals surface area contributed by atoms with Gasteiger partial charge in [0.1, 0.15) is 11.2 Å². The number of anilines is 1. The van der Waals surface area contributed by atoms with Gasteiger partial charge in [-0.3, -0.25) is 5.32 Å². The zero-order chi connectivity index (χ0) is 17.2. The van der Waals surface area contributed by atoms with E-state index in [4.69, 9.17) is 26.0 Å². The van der Waals surface area contributed by atoms with Crippen LogP contribution in [0.5, 0.6) is 0 Å². The summed E-state index contributed by atoms with van der Waals surface area (Å²) in [5, 5.41) is 15.3. The monoisotopic (exact) mass is 338 g/mol. The van der Waals surface area contributed by atoms with Crippen LogP contribution in [-0.4, -0.2) is 27.9 Å². The second kappa shape index (κ2) is 6.29. The molecule has 122 valence electrons. The van der Waals surface area contributed by atoms with Crippen LogP contribution in [0.4, 0.5) is 10.5 Å². The third-order valence-electron chi connectivity index (χ3n) is 2.66. The molecule has 0 unspecified atom stereocenters. The number of carboxylic acids is 1. The first-order valence-corrected chi connectivity index (χ1v) is 7.03. The topological polar surface area (TPSA) is 102 Å². The van der Waals surface area contributed by atoms with Gasteiger partial charge in [0.05, 0.1) is 11.2 Å². The predicted molar refractivity (Wildman–Crippen MR) is 83.8 cm³/mol. The van der Waals surface area contributed by atoms with Crippen LogP contribution in [0.2, 0.25) is 5.02 Å². The summed E-state index contributed by atoms with van der Waals surface area (Å²) in [7, 11) is 0. The maximum atomic E-state index is 11.7. The van der Waals surface area contributed by atoms with Gasteiger partial charge in [-0.25, -0.2) is 9.59 Å². The van der Waals surface area contributed by atoms with E-state index >= 15 is 0 Å². The summed E-state index contributed by atoms with van der Waals surface area (Å²) in [6.07, 6.45) is 0.480. The Morgan fingerprint density at radius 3 is 2.61 bits per heavy atom. The molecule has 0 aliphatic carbocycles. The number of amides is 1. The molecular formula is C15H15ClN2O5. The zero-order valence-corrected chi connectivity index (χ0v) is 13.5. The Morgan fingerprint density at radius 2 is 2.04 bits per heavy atom. The van der Waals surface area contributed by atoms with Crippen LogP contribution in [0.15, 0.2) is 28.9 Å². The van der Waals surface area contributed by atoms with Crippen molar-refractivity contribution < 1.29 is 24.0 Å². The van der Waals surface area contributed by atoms with Crippen molar-refractivity contribution in [3.8, 4) is 11.3 Å². The average molecular weight is 339 g/mol. The van der Waals surface area contributed by atoms with Gasteiger partial charge in [-0.2, -0.15) is 0 Å². The first kappa shape index (κ1) is 16.8. The van der Waals surface area contributed by atoms with E-state index in [1.54, 1.807) is 26.8 Å². The molecule has 8 heteroatoms. The number of nitrogens with zero attached hydrogens (tertiary/aromatic N) is 1. The third-order valence-corrected chi connectivity index (χ3v) is 2.97. The number of benzene rings is 1. The molecule has 0 radical (unpaired) electrons. The Hall–Kier alpha value is -2.54. The van der Waals surface area contributed by atoms with E-state index in [0.717, 1.165) is 6.20 Å². The van der Waals surface area contributed by atoms with E-state index in [1.807, 2.05) is 0 Å². The molecule has 1 amide bonds. The van der Waals surface area contributed by atoms with Gasteiger partial charge in [-0.1, -0.05) is 16.8 Å². The van der Waals surface area contributed by atoms with Crippen LogP contribution in [0.3, 0.4) is 0 Å². The Labute approximate surface area is 137 Å². The zero-order valence-electron chi connectivity index (χ0n) is 12.7. The van der Waals surface area contributed by atoms with Gasteiger partial charge in [0.25, 0.3) is 0 Å². The van der Waals surface area contributed by atoms with Gasteiger partial charge in [0.15, 0.2) is 5.76 Å². The van der Waals surface area contributed by atoms with Gasteiger partial charge in [0, 0.05) is 11.3 Å². The molecule has 0 spiro atoms. The summed E-state index contributed by atoms with van der Waals surface area (Å²) < 4.78 is 10.1. The largest absolute Gasteiger partial charge is 0.477 e. The number of hydrogen-bond acceptors (Lipinski definition) is 5. The molecule has 23 heavy (non-hydrogen) atoms. The van der Waals surface area contributed by atoms with E-state index in [0.29, 0.717) is 11.3 Å². The molecule has 0 aliphatic rings. The van der Waals surface area contributed by atoms with Crippen LogP contribution in [0, 0.1) is 0 Å². The molecule has 1 aromatic heterocycles. The normalized spacial score (nSPS) is 11.1. The van der Waals surface area contributed by atoms with Gasteiger partial charge in [0.2, 0.25) is 0 Å². The van der Waals surface area contributed by atoms with E-state index in [-0.39, 0.29) is 16.3 Å². The maximum absolute atomic E-state index is 11.7. The highest BCUT2D eigenvalue weighted by Gasteiger charge is 2.20. The Bertz CT molecular complexity index is 749. The third kappa shape index (κ3) is 4.23. The van der Waals surface area contributed by atoms with E-state index < -0.39 is 17.7 Å². The van der Waals surface area contributed by atoms with Crippen LogP contribution >= 0.6 is 11.6 Å². The minimum Gasteiger partial charge on any atom is -0.477 e. The molecule has 2 rings (SSSR count). The molecule has 0 saturated carbocycles. The number of ether oxygens (including phenoxy) is 1. The fourth-order valence-electron chi connectivity index (χ4n) is 1.78. The number of carbonyl (C=O) groups is 2. The number of carboxylic acid groups (broad SMARTS) is 1. The molecule has 0 saturated heterocycles. The van der Waals surface area contributed by atoms with Crippen LogP contribution < -0.4 is 5.32 Å². The number of aromatic carboxylic acids is 1. The van der Waals surface area contributed by atoms with Crippen molar-refractivity contribution >= 4 is 29.4 Å². The molecule has 0 fully saturated rings. The summed E-state index contributed by atoms with van der Waals surface area (Å²) >= 11 is 6.14. The van der Waals surface area contributed by atoms with E-state index in [9.17, 15) is 9.59 Å². The summed E-state index contributed by atoms with van der Waals surface area (Å²) in [6.45, 7) is 5.25. The molecule has 0 bridgehead atoms.